The number of methoxy groups -OCH3 is 1. The number of carbonyl (C=O) groups excluding carboxylic acids is 1. The van der Waals surface area contributed by atoms with Crippen LogP contribution in [-0.4, -0.2) is 72.5 Å². The fraction of sp³-hybridized carbons (Fsp3) is 0.818. The lowest BCUT2D eigenvalue weighted by atomic mass is 10.4. The normalized spacial score (nSPS) is 15.0. The molecule has 0 aliphatic heterocycles. The quantitative estimate of drug-likeness (QED) is 0.766. The molecule has 1 fully saturated rings. The fourth-order valence-corrected chi connectivity index (χ4v) is 1.72. The van der Waals surface area contributed by atoms with E-state index in [1.54, 1.807) is 0 Å². The Hall–Kier alpha value is -1.51. The molecule has 2 amide bonds. The van der Waals surface area contributed by atoms with Crippen molar-refractivity contribution >= 4 is 12.0 Å². The van der Waals surface area contributed by atoms with Crippen LogP contribution in [0.4, 0.5) is 18.0 Å². The van der Waals surface area contributed by atoms with Crippen LogP contribution >= 0.6 is 0 Å². The van der Waals surface area contributed by atoms with Gasteiger partial charge in [0.1, 0.15) is 13.1 Å². The van der Waals surface area contributed by atoms with E-state index < -0.39 is 37.3 Å². The van der Waals surface area contributed by atoms with Gasteiger partial charge in [-0.05, 0) is 12.8 Å². The highest BCUT2D eigenvalue weighted by atomic mass is 19.4. The van der Waals surface area contributed by atoms with Gasteiger partial charge in [0, 0.05) is 19.7 Å². The van der Waals surface area contributed by atoms with E-state index in [1.165, 1.54) is 7.11 Å². The third kappa shape index (κ3) is 5.64. The van der Waals surface area contributed by atoms with Crippen LogP contribution in [0.25, 0.3) is 0 Å². The van der Waals surface area contributed by atoms with E-state index in [1.807, 2.05) is 0 Å². The van der Waals surface area contributed by atoms with Crippen LogP contribution in [0.15, 0.2) is 0 Å². The van der Waals surface area contributed by atoms with Gasteiger partial charge >= 0.3 is 18.2 Å². The second kappa shape index (κ2) is 6.78. The molecule has 1 saturated carbocycles. The number of alkyl halides is 3. The van der Waals surface area contributed by atoms with Crippen LogP contribution in [0.3, 0.4) is 0 Å². The van der Waals surface area contributed by atoms with Gasteiger partial charge in [0.05, 0.1) is 6.61 Å². The first-order valence-electron chi connectivity index (χ1n) is 6.07. The first kappa shape index (κ1) is 16.5. The molecule has 0 heterocycles. The Kier molecular flexibility index (Phi) is 5.61. The molecule has 116 valence electrons. The molecule has 0 bridgehead atoms. The Bertz CT molecular complexity index is 358. The van der Waals surface area contributed by atoms with Gasteiger partial charge < -0.3 is 19.6 Å². The number of hydrogen-bond donors (Lipinski definition) is 1. The van der Waals surface area contributed by atoms with Gasteiger partial charge in [-0.1, -0.05) is 0 Å². The van der Waals surface area contributed by atoms with Gasteiger partial charge in [0.2, 0.25) is 0 Å². The van der Waals surface area contributed by atoms with E-state index in [0.717, 1.165) is 4.90 Å². The lowest BCUT2D eigenvalue weighted by Crippen LogP contribution is -2.50. The van der Waals surface area contributed by atoms with Gasteiger partial charge in [0.15, 0.2) is 0 Å². The van der Waals surface area contributed by atoms with E-state index in [2.05, 4.69) is 0 Å². The molecule has 20 heavy (non-hydrogen) atoms. The standard InChI is InChI=1S/C11H17F3N2O4/c1-20-5-4-15(6-9(17)18)10(19)16(8-2-3-8)7-11(12,13)14/h8H,2-7H2,1H3,(H,17,18). The van der Waals surface area contributed by atoms with E-state index in [-0.39, 0.29) is 13.2 Å². The molecule has 0 aromatic heterocycles. The summed E-state index contributed by atoms with van der Waals surface area (Å²) in [6.07, 6.45) is -3.49. The van der Waals surface area contributed by atoms with Gasteiger partial charge in [-0.25, -0.2) is 4.79 Å². The minimum atomic E-state index is -4.51. The van der Waals surface area contributed by atoms with Crippen molar-refractivity contribution in [3.63, 3.8) is 0 Å². The fourth-order valence-electron chi connectivity index (χ4n) is 1.72. The highest BCUT2D eigenvalue weighted by Crippen LogP contribution is 2.31. The number of hydrogen-bond acceptors (Lipinski definition) is 3. The summed E-state index contributed by atoms with van der Waals surface area (Å²) in [7, 11) is 1.36. The molecule has 0 aromatic carbocycles. The smallest absolute Gasteiger partial charge is 0.406 e. The van der Waals surface area contributed by atoms with Crippen molar-refractivity contribution in [1.82, 2.24) is 9.80 Å². The minimum Gasteiger partial charge on any atom is -0.480 e. The topological polar surface area (TPSA) is 70.1 Å². The van der Waals surface area contributed by atoms with Crippen LogP contribution < -0.4 is 0 Å². The van der Waals surface area contributed by atoms with Crippen LogP contribution in [0.5, 0.6) is 0 Å². The monoisotopic (exact) mass is 298 g/mol. The summed E-state index contributed by atoms with van der Waals surface area (Å²) in [5, 5.41) is 8.73. The lowest BCUT2D eigenvalue weighted by molar-refractivity contribution is -0.143. The third-order valence-corrected chi connectivity index (χ3v) is 2.74. The molecule has 1 aliphatic rings. The van der Waals surface area contributed by atoms with Crippen molar-refractivity contribution in [1.29, 1.82) is 0 Å². The summed E-state index contributed by atoms with van der Waals surface area (Å²) in [5.41, 5.74) is 0. The highest BCUT2D eigenvalue weighted by Gasteiger charge is 2.42. The van der Waals surface area contributed by atoms with Crippen LogP contribution in [0.1, 0.15) is 12.8 Å². The average Bonchev–Trinajstić information content (AvgIpc) is 3.13. The van der Waals surface area contributed by atoms with Crippen molar-refractivity contribution in [3.05, 3.63) is 0 Å². The Labute approximate surface area is 114 Å². The van der Waals surface area contributed by atoms with E-state index in [4.69, 9.17) is 9.84 Å². The van der Waals surface area contributed by atoms with E-state index >= 15 is 0 Å². The Morgan fingerprint density at radius 3 is 2.35 bits per heavy atom. The van der Waals surface area contributed by atoms with Crippen molar-refractivity contribution in [2.45, 2.75) is 25.1 Å². The molecule has 0 saturated heterocycles. The number of nitrogens with zero attached hydrogens (tertiary/aromatic N) is 2. The number of rotatable bonds is 7. The molecule has 1 rings (SSSR count). The molecular weight excluding hydrogens is 281 g/mol. The lowest BCUT2D eigenvalue weighted by Gasteiger charge is -2.30. The molecule has 0 unspecified atom stereocenters. The number of ether oxygens (including phenoxy) is 1. The largest absolute Gasteiger partial charge is 0.480 e. The highest BCUT2D eigenvalue weighted by molar-refractivity contribution is 5.80. The summed E-state index contributed by atoms with van der Waals surface area (Å²) in [6.45, 7) is -2.02. The number of carboxylic acid groups (broad SMARTS) is 1. The van der Waals surface area contributed by atoms with Crippen LogP contribution in [0.2, 0.25) is 0 Å². The minimum absolute atomic E-state index is 0.0591. The van der Waals surface area contributed by atoms with Crippen LogP contribution in [0, 0.1) is 0 Å². The Morgan fingerprint density at radius 2 is 1.95 bits per heavy atom. The molecule has 0 radical (unpaired) electrons. The summed E-state index contributed by atoms with van der Waals surface area (Å²) in [5.74, 6) is -1.28. The molecule has 6 nitrogen and oxygen atoms in total. The van der Waals surface area contributed by atoms with Crippen molar-refractivity contribution < 1.29 is 32.6 Å². The molecule has 0 atom stereocenters. The second-order valence-electron chi connectivity index (χ2n) is 4.56. The number of amides is 2. The van der Waals surface area contributed by atoms with Gasteiger partial charge in [-0.15, -0.1) is 0 Å². The number of carbonyl (C=O) groups is 2. The van der Waals surface area contributed by atoms with Gasteiger partial charge in [-0.2, -0.15) is 13.2 Å². The summed E-state index contributed by atoms with van der Waals surface area (Å²) in [4.78, 5) is 24.3. The second-order valence-corrected chi connectivity index (χ2v) is 4.56. The maximum Gasteiger partial charge on any atom is 0.406 e. The molecule has 0 spiro atoms. The Morgan fingerprint density at radius 1 is 1.35 bits per heavy atom. The van der Waals surface area contributed by atoms with Gasteiger partial charge in [-0.3, -0.25) is 4.79 Å². The van der Waals surface area contributed by atoms with Crippen molar-refractivity contribution in [2.75, 3.05) is 33.4 Å². The summed E-state index contributed by atoms with van der Waals surface area (Å²) in [6, 6.07) is -1.37. The van der Waals surface area contributed by atoms with Crippen LogP contribution in [-0.2, 0) is 9.53 Å². The van der Waals surface area contributed by atoms with Crippen molar-refractivity contribution in [2.24, 2.45) is 0 Å². The maximum absolute atomic E-state index is 12.5. The predicted molar refractivity (Wildman–Crippen MR) is 62.3 cm³/mol. The number of halogens is 3. The zero-order chi connectivity index (χ0) is 15.3. The first-order valence-corrected chi connectivity index (χ1v) is 6.07. The Balaban J connectivity index is 2.74. The van der Waals surface area contributed by atoms with E-state index in [0.29, 0.717) is 17.7 Å². The van der Waals surface area contributed by atoms with Crippen molar-refractivity contribution in [3.8, 4) is 0 Å². The number of carboxylic acids is 1. The summed E-state index contributed by atoms with van der Waals surface area (Å²) < 4.78 is 42.2. The zero-order valence-electron chi connectivity index (χ0n) is 11.0. The molecule has 0 aromatic rings. The summed E-state index contributed by atoms with van der Waals surface area (Å²) >= 11 is 0. The SMILES string of the molecule is COCCN(CC(=O)O)C(=O)N(CC(F)(F)F)C1CC1. The molecule has 1 aliphatic carbocycles. The molecular formula is C11H17F3N2O4. The van der Waals surface area contributed by atoms with Gasteiger partial charge in [0.25, 0.3) is 0 Å². The third-order valence-electron chi connectivity index (χ3n) is 2.74. The predicted octanol–water partition coefficient (Wildman–Crippen LogP) is 1.17. The zero-order valence-corrected chi connectivity index (χ0v) is 11.0. The average molecular weight is 298 g/mol. The molecule has 1 N–H and O–H groups in total. The first-order chi connectivity index (χ1) is 9.24. The maximum atomic E-state index is 12.5. The number of urea groups is 1. The number of aliphatic carboxylic acids is 1. The molecule has 9 heteroatoms. The van der Waals surface area contributed by atoms with E-state index in [9.17, 15) is 22.8 Å².